The van der Waals surface area contributed by atoms with Crippen molar-refractivity contribution in [2.45, 2.75) is 0 Å². The average Bonchev–Trinajstić information content (AvgIpc) is 2.90. The van der Waals surface area contributed by atoms with Crippen molar-refractivity contribution in [3.05, 3.63) is 65.8 Å². The van der Waals surface area contributed by atoms with Crippen molar-refractivity contribution in [2.75, 3.05) is 0 Å². The van der Waals surface area contributed by atoms with Crippen LogP contribution < -0.4 is 0 Å². The number of halogens is 1. The van der Waals surface area contributed by atoms with E-state index in [4.69, 9.17) is 16.0 Å². The molecule has 18 heavy (non-hydrogen) atoms. The first kappa shape index (κ1) is 11.1. The van der Waals surface area contributed by atoms with Gasteiger partial charge in [0.2, 0.25) is 5.89 Å². The van der Waals surface area contributed by atoms with Crippen LogP contribution >= 0.6 is 11.6 Å². The largest absolute Gasteiger partial charge is 0.436 e. The number of aromatic nitrogens is 1. The molecule has 3 rings (SSSR count). The van der Waals surface area contributed by atoms with E-state index in [1.807, 2.05) is 54.6 Å². The van der Waals surface area contributed by atoms with E-state index in [0.717, 1.165) is 16.9 Å². The van der Waals surface area contributed by atoms with E-state index in [9.17, 15) is 0 Å². The molecule has 0 saturated carbocycles. The van der Waals surface area contributed by atoms with Crippen molar-refractivity contribution in [3.63, 3.8) is 0 Å². The molecule has 88 valence electrons. The lowest BCUT2D eigenvalue weighted by molar-refractivity contribution is 0.589. The molecular weight excluding hydrogens is 246 g/mol. The molecule has 0 saturated heterocycles. The Hall–Kier alpha value is -2.06. The fourth-order valence-electron chi connectivity index (χ4n) is 1.74. The molecule has 0 atom stereocenters. The van der Waals surface area contributed by atoms with Gasteiger partial charge in [-0.3, -0.25) is 0 Å². The number of benzene rings is 2. The maximum atomic E-state index is 5.85. The SMILES string of the molecule is Clc1ccc(-c2cnc(-c3ccccc3)o2)cc1. The number of oxazole rings is 1. The van der Waals surface area contributed by atoms with Crippen LogP contribution in [0.2, 0.25) is 5.02 Å². The summed E-state index contributed by atoms with van der Waals surface area (Å²) in [7, 11) is 0. The average molecular weight is 256 g/mol. The Kier molecular flexibility index (Phi) is 2.87. The quantitative estimate of drug-likeness (QED) is 0.665. The third-order valence-corrected chi connectivity index (χ3v) is 2.91. The van der Waals surface area contributed by atoms with Gasteiger partial charge in [0.1, 0.15) is 0 Å². The highest BCUT2D eigenvalue weighted by Crippen LogP contribution is 2.26. The van der Waals surface area contributed by atoms with Crippen LogP contribution in [0.15, 0.2) is 65.2 Å². The minimum Gasteiger partial charge on any atom is -0.436 e. The molecular formula is C15H10ClNO. The van der Waals surface area contributed by atoms with Gasteiger partial charge in [-0.1, -0.05) is 29.8 Å². The van der Waals surface area contributed by atoms with Gasteiger partial charge >= 0.3 is 0 Å². The van der Waals surface area contributed by atoms with Crippen molar-refractivity contribution in [3.8, 4) is 22.8 Å². The second-order valence-electron chi connectivity index (χ2n) is 3.90. The van der Waals surface area contributed by atoms with Crippen LogP contribution in [0.1, 0.15) is 0 Å². The van der Waals surface area contributed by atoms with Gasteiger partial charge in [-0.25, -0.2) is 4.98 Å². The summed E-state index contributed by atoms with van der Waals surface area (Å²) in [5.74, 6) is 1.37. The van der Waals surface area contributed by atoms with E-state index in [0.29, 0.717) is 10.9 Å². The summed E-state index contributed by atoms with van der Waals surface area (Å²) >= 11 is 5.85. The molecule has 2 aromatic carbocycles. The van der Waals surface area contributed by atoms with Gasteiger partial charge in [0.05, 0.1) is 6.20 Å². The van der Waals surface area contributed by atoms with Crippen molar-refractivity contribution < 1.29 is 4.42 Å². The van der Waals surface area contributed by atoms with Crippen molar-refractivity contribution in [1.82, 2.24) is 4.98 Å². The molecule has 1 heterocycles. The van der Waals surface area contributed by atoms with Gasteiger partial charge in [0.25, 0.3) is 0 Å². The molecule has 3 aromatic rings. The first-order valence-corrected chi connectivity index (χ1v) is 5.98. The highest BCUT2D eigenvalue weighted by atomic mass is 35.5. The standard InChI is InChI=1S/C15H10ClNO/c16-13-8-6-11(7-9-13)14-10-17-15(18-14)12-4-2-1-3-5-12/h1-10H. The fraction of sp³-hybridized carbons (Fsp3) is 0. The Morgan fingerprint density at radius 3 is 2.28 bits per heavy atom. The molecule has 1 aromatic heterocycles. The maximum absolute atomic E-state index is 5.85. The van der Waals surface area contributed by atoms with Gasteiger partial charge in [0, 0.05) is 16.1 Å². The number of hydrogen-bond acceptors (Lipinski definition) is 2. The van der Waals surface area contributed by atoms with Gasteiger partial charge in [-0.15, -0.1) is 0 Å². The third-order valence-electron chi connectivity index (χ3n) is 2.66. The highest BCUT2D eigenvalue weighted by molar-refractivity contribution is 6.30. The minimum absolute atomic E-state index is 0.626. The highest BCUT2D eigenvalue weighted by Gasteiger charge is 2.07. The molecule has 3 heteroatoms. The summed E-state index contributed by atoms with van der Waals surface area (Å²) in [5, 5.41) is 0.710. The van der Waals surface area contributed by atoms with Crippen LogP contribution in [0, 0.1) is 0 Å². The number of nitrogens with zero attached hydrogens (tertiary/aromatic N) is 1. The van der Waals surface area contributed by atoms with Gasteiger partial charge < -0.3 is 4.42 Å². The zero-order valence-electron chi connectivity index (χ0n) is 9.51. The van der Waals surface area contributed by atoms with Crippen molar-refractivity contribution in [1.29, 1.82) is 0 Å². The Morgan fingerprint density at radius 2 is 1.56 bits per heavy atom. The lowest BCUT2D eigenvalue weighted by Gasteiger charge is -1.96. The fourth-order valence-corrected chi connectivity index (χ4v) is 1.86. The third kappa shape index (κ3) is 2.15. The van der Waals surface area contributed by atoms with E-state index >= 15 is 0 Å². The van der Waals surface area contributed by atoms with E-state index in [2.05, 4.69) is 4.98 Å². The second-order valence-corrected chi connectivity index (χ2v) is 4.34. The Bertz CT molecular complexity index is 644. The topological polar surface area (TPSA) is 26.0 Å². The molecule has 0 spiro atoms. The first-order valence-electron chi connectivity index (χ1n) is 5.60. The van der Waals surface area contributed by atoms with Crippen LogP contribution in [0.5, 0.6) is 0 Å². The van der Waals surface area contributed by atoms with Crippen LogP contribution in [-0.4, -0.2) is 4.98 Å². The molecule has 0 unspecified atom stereocenters. The van der Waals surface area contributed by atoms with Gasteiger partial charge in [0.15, 0.2) is 5.76 Å². The molecule has 0 N–H and O–H groups in total. The van der Waals surface area contributed by atoms with Crippen LogP contribution in [0.3, 0.4) is 0 Å². The lowest BCUT2D eigenvalue weighted by atomic mass is 10.2. The van der Waals surface area contributed by atoms with Gasteiger partial charge in [-0.05, 0) is 36.4 Å². The zero-order chi connectivity index (χ0) is 12.4. The molecule has 0 aliphatic rings. The normalized spacial score (nSPS) is 10.5. The van der Waals surface area contributed by atoms with Crippen LogP contribution in [0.25, 0.3) is 22.8 Å². The molecule has 2 nitrogen and oxygen atoms in total. The second kappa shape index (κ2) is 4.67. The summed E-state index contributed by atoms with van der Waals surface area (Å²) in [6, 6.07) is 17.3. The molecule has 0 bridgehead atoms. The Morgan fingerprint density at radius 1 is 0.833 bits per heavy atom. The molecule has 0 aliphatic carbocycles. The summed E-state index contributed by atoms with van der Waals surface area (Å²) in [4.78, 5) is 4.29. The van der Waals surface area contributed by atoms with E-state index in [-0.39, 0.29) is 0 Å². The minimum atomic E-state index is 0.626. The van der Waals surface area contributed by atoms with Crippen LogP contribution in [-0.2, 0) is 0 Å². The van der Waals surface area contributed by atoms with E-state index in [1.165, 1.54) is 0 Å². The smallest absolute Gasteiger partial charge is 0.226 e. The molecule has 0 aliphatic heterocycles. The monoisotopic (exact) mass is 255 g/mol. The number of rotatable bonds is 2. The van der Waals surface area contributed by atoms with E-state index < -0.39 is 0 Å². The predicted molar refractivity (Wildman–Crippen MR) is 72.4 cm³/mol. The summed E-state index contributed by atoms with van der Waals surface area (Å²) < 4.78 is 5.74. The predicted octanol–water partition coefficient (Wildman–Crippen LogP) is 4.66. The lowest BCUT2D eigenvalue weighted by Crippen LogP contribution is -1.74. The molecule has 0 fully saturated rings. The molecule has 0 amide bonds. The van der Waals surface area contributed by atoms with Crippen molar-refractivity contribution >= 4 is 11.6 Å². The first-order chi connectivity index (χ1) is 8.83. The van der Waals surface area contributed by atoms with Gasteiger partial charge in [-0.2, -0.15) is 0 Å². The Labute approximate surface area is 110 Å². The number of hydrogen-bond donors (Lipinski definition) is 0. The zero-order valence-corrected chi connectivity index (χ0v) is 10.3. The Balaban J connectivity index is 1.97. The van der Waals surface area contributed by atoms with E-state index in [1.54, 1.807) is 6.20 Å². The van der Waals surface area contributed by atoms with Crippen LogP contribution in [0.4, 0.5) is 0 Å². The summed E-state index contributed by atoms with van der Waals surface area (Å²) in [5.41, 5.74) is 1.94. The summed E-state index contributed by atoms with van der Waals surface area (Å²) in [6.45, 7) is 0. The molecule has 0 radical (unpaired) electrons. The van der Waals surface area contributed by atoms with Crippen molar-refractivity contribution in [2.24, 2.45) is 0 Å². The maximum Gasteiger partial charge on any atom is 0.226 e. The summed E-state index contributed by atoms with van der Waals surface area (Å²) in [6.07, 6.45) is 1.73.